The molecule has 3 unspecified atom stereocenters. The summed E-state index contributed by atoms with van der Waals surface area (Å²) in [5.41, 5.74) is 6.29. The highest BCUT2D eigenvalue weighted by atomic mass is 16.2. The second-order valence-corrected chi connectivity index (χ2v) is 6.20. The van der Waals surface area contributed by atoms with Gasteiger partial charge in [0.15, 0.2) is 0 Å². The van der Waals surface area contributed by atoms with E-state index < -0.39 is 0 Å². The predicted octanol–water partition coefficient (Wildman–Crippen LogP) is 1.67. The Labute approximate surface area is 98.2 Å². The molecule has 0 aromatic heterocycles. The van der Waals surface area contributed by atoms with Crippen molar-refractivity contribution in [1.82, 2.24) is 5.32 Å². The van der Waals surface area contributed by atoms with Gasteiger partial charge in [0.2, 0.25) is 5.91 Å². The van der Waals surface area contributed by atoms with Crippen LogP contribution >= 0.6 is 0 Å². The summed E-state index contributed by atoms with van der Waals surface area (Å²) >= 11 is 0. The first-order valence-corrected chi connectivity index (χ1v) is 6.54. The van der Waals surface area contributed by atoms with E-state index in [9.17, 15) is 4.79 Å². The van der Waals surface area contributed by atoms with Crippen LogP contribution in [0.3, 0.4) is 0 Å². The van der Waals surface area contributed by atoms with Gasteiger partial charge in [-0.1, -0.05) is 26.7 Å². The molecular formula is C13H24N2O. The van der Waals surface area contributed by atoms with Crippen LogP contribution in [0.4, 0.5) is 0 Å². The predicted molar refractivity (Wildman–Crippen MR) is 64.8 cm³/mol. The Morgan fingerprint density at radius 2 is 2.00 bits per heavy atom. The Morgan fingerprint density at radius 3 is 2.56 bits per heavy atom. The highest BCUT2D eigenvalue weighted by molar-refractivity contribution is 5.82. The first-order chi connectivity index (χ1) is 7.50. The summed E-state index contributed by atoms with van der Waals surface area (Å²) in [5.74, 6) is 0.981. The molecule has 0 aromatic rings. The average molecular weight is 224 g/mol. The summed E-state index contributed by atoms with van der Waals surface area (Å²) < 4.78 is 0. The number of hydrogen-bond donors (Lipinski definition) is 2. The third-order valence-electron chi connectivity index (χ3n) is 4.34. The van der Waals surface area contributed by atoms with Crippen molar-refractivity contribution in [1.29, 1.82) is 0 Å². The third-order valence-corrected chi connectivity index (χ3v) is 4.34. The van der Waals surface area contributed by atoms with E-state index in [4.69, 9.17) is 5.73 Å². The minimum absolute atomic E-state index is 0.235. The van der Waals surface area contributed by atoms with Crippen LogP contribution in [0.2, 0.25) is 0 Å². The summed E-state index contributed by atoms with van der Waals surface area (Å²) in [4.78, 5) is 11.8. The van der Waals surface area contributed by atoms with Crippen molar-refractivity contribution >= 4 is 5.91 Å². The fourth-order valence-electron chi connectivity index (χ4n) is 2.76. The van der Waals surface area contributed by atoms with Crippen molar-refractivity contribution in [2.24, 2.45) is 23.0 Å². The maximum Gasteiger partial charge on any atom is 0.223 e. The Hall–Kier alpha value is -0.570. The van der Waals surface area contributed by atoms with E-state index in [0.717, 1.165) is 19.4 Å². The van der Waals surface area contributed by atoms with Gasteiger partial charge >= 0.3 is 0 Å². The van der Waals surface area contributed by atoms with Crippen LogP contribution in [0.15, 0.2) is 0 Å². The topological polar surface area (TPSA) is 55.1 Å². The largest absolute Gasteiger partial charge is 0.356 e. The second kappa shape index (κ2) is 4.36. The molecular weight excluding hydrogens is 200 g/mol. The number of amides is 1. The summed E-state index contributed by atoms with van der Waals surface area (Å²) in [7, 11) is 0. The van der Waals surface area contributed by atoms with E-state index in [1.54, 1.807) is 0 Å². The molecule has 0 bridgehead atoms. The van der Waals surface area contributed by atoms with Gasteiger partial charge < -0.3 is 11.1 Å². The Balaban J connectivity index is 1.73. The average Bonchev–Trinajstić information content (AvgIpc) is 2.86. The molecule has 0 aliphatic heterocycles. The lowest BCUT2D eigenvalue weighted by Crippen LogP contribution is -2.41. The van der Waals surface area contributed by atoms with Crippen LogP contribution in [0.1, 0.15) is 46.0 Å². The number of nitrogens with two attached hydrogens (primary N) is 1. The van der Waals surface area contributed by atoms with Crippen LogP contribution in [-0.2, 0) is 4.79 Å². The molecule has 0 spiro atoms. The van der Waals surface area contributed by atoms with E-state index in [2.05, 4.69) is 19.2 Å². The first-order valence-electron chi connectivity index (χ1n) is 6.54. The summed E-state index contributed by atoms with van der Waals surface area (Å²) in [6, 6.07) is 0.293. The molecule has 0 aromatic carbocycles. The molecule has 0 radical (unpaired) electrons. The SMILES string of the molecule is CC1(C)CC1C(=O)NCC1CCCCC1N. The van der Waals surface area contributed by atoms with Crippen molar-refractivity contribution < 1.29 is 4.79 Å². The number of rotatable bonds is 3. The Kier molecular flexibility index (Phi) is 3.24. The summed E-state index contributed by atoms with van der Waals surface area (Å²) in [6.07, 6.45) is 5.85. The van der Waals surface area contributed by atoms with Gasteiger partial charge in [-0.05, 0) is 30.6 Å². The van der Waals surface area contributed by atoms with Gasteiger partial charge in [-0.2, -0.15) is 0 Å². The standard InChI is InChI=1S/C13H24N2O/c1-13(2)7-10(13)12(16)15-8-9-5-3-4-6-11(9)14/h9-11H,3-8,14H2,1-2H3,(H,15,16). The van der Waals surface area contributed by atoms with Gasteiger partial charge in [-0.25, -0.2) is 0 Å². The zero-order chi connectivity index (χ0) is 11.8. The number of nitrogens with one attached hydrogen (secondary N) is 1. The second-order valence-electron chi connectivity index (χ2n) is 6.20. The van der Waals surface area contributed by atoms with Crippen LogP contribution in [0.5, 0.6) is 0 Å². The first kappa shape index (κ1) is 11.9. The molecule has 2 fully saturated rings. The molecule has 3 nitrogen and oxygen atoms in total. The highest BCUT2D eigenvalue weighted by Crippen LogP contribution is 2.51. The maximum atomic E-state index is 11.8. The van der Waals surface area contributed by atoms with Crippen molar-refractivity contribution in [3.05, 3.63) is 0 Å². The number of carbonyl (C=O) groups excluding carboxylic acids is 1. The number of carbonyl (C=O) groups is 1. The van der Waals surface area contributed by atoms with Gasteiger partial charge in [-0.3, -0.25) is 4.79 Å². The van der Waals surface area contributed by atoms with E-state index in [-0.39, 0.29) is 17.2 Å². The lowest BCUT2D eigenvalue weighted by molar-refractivity contribution is -0.123. The molecule has 92 valence electrons. The monoisotopic (exact) mass is 224 g/mol. The van der Waals surface area contributed by atoms with Crippen molar-refractivity contribution in [3.63, 3.8) is 0 Å². The highest BCUT2D eigenvalue weighted by Gasteiger charge is 2.50. The van der Waals surface area contributed by atoms with Gasteiger partial charge in [-0.15, -0.1) is 0 Å². The van der Waals surface area contributed by atoms with E-state index in [1.165, 1.54) is 19.3 Å². The van der Waals surface area contributed by atoms with Gasteiger partial charge in [0.05, 0.1) is 0 Å². The molecule has 16 heavy (non-hydrogen) atoms. The molecule has 0 saturated heterocycles. The van der Waals surface area contributed by atoms with E-state index in [1.807, 2.05) is 0 Å². The van der Waals surface area contributed by atoms with Crippen LogP contribution in [0.25, 0.3) is 0 Å². The lowest BCUT2D eigenvalue weighted by Gasteiger charge is -2.28. The Morgan fingerprint density at radius 1 is 1.38 bits per heavy atom. The molecule has 2 aliphatic rings. The molecule has 3 heteroatoms. The lowest BCUT2D eigenvalue weighted by atomic mass is 9.85. The summed E-state index contributed by atoms with van der Waals surface area (Å²) in [6.45, 7) is 5.10. The molecule has 0 heterocycles. The summed E-state index contributed by atoms with van der Waals surface area (Å²) in [5, 5.41) is 3.08. The fraction of sp³-hybridized carbons (Fsp3) is 0.923. The third kappa shape index (κ3) is 2.57. The van der Waals surface area contributed by atoms with Crippen LogP contribution in [0, 0.1) is 17.3 Å². The van der Waals surface area contributed by atoms with Gasteiger partial charge in [0.25, 0.3) is 0 Å². The minimum Gasteiger partial charge on any atom is -0.356 e. The molecule has 2 rings (SSSR count). The van der Waals surface area contributed by atoms with Gasteiger partial charge in [0.1, 0.15) is 0 Å². The molecule has 3 N–H and O–H groups in total. The van der Waals surface area contributed by atoms with Crippen LogP contribution in [-0.4, -0.2) is 18.5 Å². The quantitative estimate of drug-likeness (QED) is 0.766. The molecule has 2 saturated carbocycles. The zero-order valence-corrected chi connectivity index (χ0v) is 10.5. The zero-order valence-electron chi connectivity index (χ0n) is 10.5. The smallest absolute Gasteiger partial charge is 0.223 e. The van der Waals surface area contributed by atoms with Gasteiger partial charge in [0, 0.05) is 18.5 Å². The van der Waals surface area contributed by atoms with Crippen LogP contribution < -0.4 is 11.1 Å². The maximum absolute atomic E-state index is 11.8. The van der Waals surface area contributed by atoms with E-state index >= 15 is 0 Å². The normalized spacial score (nSPS) is 36.8. The molecule has 1 amide bonds. The van der Waals surface area contributed by atoms with Crippen molar-refractivity contribution in [2.45, 2.75) is 52.0 Å². The molecule has 3 atom stereocenters. The minimum atomic E-state index is 0.235. The van der Waals surface area contributed by atoms with E-state index in [0.29, 0.717) is 12.0 Å². The molecule has 2 aliphatic carbocycles. The number of hydrogen-bond acceptors (Lipinski definition) is 2. The fourth-order valence-corrected chi connectivity index (χ4v) is 2.76. The van der Waals surface area contributed by atoms with Crippen molar-refractivity contribution in [3.8, 4) is 0 Å². The van der Waals surface area contributed by atoms with Crippen molar-refractivity contribution in [2.75, 3.05) is 6.54 Å². The Bertz CT molecular complexity index is 275.